The fourth-order valence-electron chi connectivity index (χ4n) is 4.00. The first-order valence-electron chi connectivity index (χ1n) is 9.48. The minimum absolute atomic E-state index is 0.123. The molecule has 1 N–H and O–H groups in total. The molecule has 26 heavy (non-hydrogen) atoms. The number of nitrogens with zero attached hydrogens (tertiary/aromatic N) is 3. The molecule has 0 spiro atoms. The van der Waals surface area contributed by atoms with Crippen LogP contribution in [0.4, 0.5) is 0 Å². The van der Waals surface area contributed by atoms with E-state index in [0.29, 0.717) is 32.4 Å². The lowest BCUT2D eigenvalue weighted by atomic mass is 9.83. The van der Waals surface area contributed by atoms with Gasteiger partial charge >= 0.3 is 0 Å². The SMILES string of the molecule is Cn1nccc1-c1ccccc1CC1(O)CCN(C(=O)C2(C)CC2)CC1. The second-order valence-corrected chi connectivity index (χ2v) is 8.25. The lowest BCUT2D eigenvalue weighted by Crippen LogP contribution is -2.49. The Labute approximate surface area is 154 Å². The molecule has 1 saturated carbocycles. The summed E-state index contributed by atoms with van der Waals surface area (Å²) < 4.78 is 1.86. The molecule has 0 unspecified atom stereocenters. The fourth-order valence-corrected chi connectivity index (χ4v) is 4.00. The molecule has 2 heterocycles. The molecule has 2 aromatic rings. The van der Waals surface area contributed by atoms with E-state index in [1.807, 2.05) is 34.8 Å². The van der Waals surface area contributed by atoms with Crippen LogP contribution in [0.5, 0.6) is 0 Å². The number of rotatable bonds is 4. The summed E-state index contributed by atoms with van der Waals surface area (Å²) in [5, 5.41) is 15.4. The third-order valence-corrected chi connectivity index (χ3v) is 6.13. The van der Waals surface area contributed by atoms with Gasteiger partial charge in [0.05, 0.1) is 11.3 Å². The summed E-state index contributed by atoms with van der Waals surface area (Å²) in [7, 11) is 1.93. The van der Waals surface area contributed by atoms with Crippen molar-refractivity contribution in [3.8, 4) is 11.3 Å². The van der Waals surface area contributed by atoms with Crippen molar-refractivity contribution in [1.82, 2.24) is 14.7 Å². The van der Waals surface area contributed by atoms with E-state index in [-0.39, 0.29) is 11.3 Å². The number of aliphatic hydroxyl groups is 1. The topological polar surface area (TPSA) is 58.4 Å². The van der Waals surface area contributed by atoms with Crippen LogP contribution in [-0.4, -0.2) is 44.4 Å². The molecule has 138 valence electrons. The Balaban J connectivity index is 1.48. The molecule has 0 bridgehead atoms. The Kier molecular flexibility index (Phi) is 4.14. The number of hydrogen-bond donors (Lipinski definition) is 1. The molecule has 2 aliphatic rings. The van der Waals surface area contributed by atoms with Crippen LogP contribution in [0, 0.1) is 5.41 Å². The Bertz CT molecular complexity index is 814. The van der Waals surface area contributed by atoms with Gasteiger partial charge in [0, 0.05) is 43.7 Å². The predicted octanol–water partition coefficient (Wildman–Crippen LogP) is 2.78. The van der Waals surface area contributed by atoms with Crippen molar-refractivity contribution >= 4 is 5.91 Å². The average molecular weight is 353 g/mol. The summed E-state index contributed by atoms with van der Waals surface area (Å²) in [5.41, 5.74) is 2.42. The summed E-state index contributed by atoms with van der Waals surface area (Å²) in [6, 6.07) is 10.2. The molecule has 1 amide bonds. The molecule has 2 fully saturated rings. The van der Waals surface area contributed by atoms with Crippen LogP contribution in [0.25, 0.3) is 11.3 Å². The van der Waals surface area contributed by atoms with Gasteiger partial charge in [0.2, 0.25) is 5.91 Å². The number of piperidine rings is 1. The predicted molar refractivity (Wildman–Crippen MR) is 100 cm³/mol. The first kappa shape index (κ1) is 17.3. The van der Waals surface area contributed by atoms with Crippen molar-refractivity contribution in [2.24, 2.45) is 12.5 Å². The van der Waals surface area contributed by atoms with Crippen molar-refractivity contribution in [3.05, 3.63) is 42.1 Å². The third kappa shape index (κ3) is 3.16. The number of likely N-dealkylation sites (tertiary alicyclic amines) is 1. The van der Waals surface area contributed by atoms with Crippen LogP contribution >= 0.6 is 0 Å². The molecule has 5 nitrogen and oxygen atoms in total. The molecule has 4 rings (SSSR count). The highest BCUT2D eigenvalue weighted by atomic mass is 16.3. The van der Waals surface area contributed by atoms with E-state index in [9.17, 15) is 9.90 Å². The van der Waals surface area contributed by atoms with E-state index in [2.05, 4.69) is 24.2 Å². The highest BCUT2D eigenvalue weighted by Gasteiger charge is 2.48. The Morgan fingerprint density at radius 2 is 1.85 bits per heavy atom. The van der Waals surface area contributed by atoms with Crippen molar-refractivity contribution in [2.45, 2.75) is 44.6 Å². The van der Waals surface area contributed by atoms with Gasteiger partial charge in [-0.25, -0.2) is 0 Å². The van der Waals surface area contributed by atoms with Gasteiger partial charge < -0.3 is 10.0 Å². The van der Waals surface area contributed by atoms with Gasteiger partial charge in [-0.3, -0.25) is 9.48 Å². The summed E-state index contributed by atoms with van der Waals surface area (Å²) in [4.78, 5) is 14.5. The van der Waals surface area contributed by atoms with Crippen molar-refractivity contribution in [2.75, 3.05) is 13.1 Å². The summed E-state index contributed by atoms with van der Waals surface area (Å²) in [6.07, 6.45) is 5.68. The first-order chi connectivity index (χ1) is 12.4. The highest BCUT2D eigenvalue weighted by molar-refractivity contribution is 5.85. The maximum atomic E-state index is 12.5. The van der Waals surface area contributed by atoms with Crippen LogP contribution in [0.3, 0.4) is 0 Å². The molecule has 0 atom stereocenters. The highest BCUT2D eigenvalue weighted by Crippen LogP contribution is 2.47. The monoisotopic (exact) mass is 353 g/mol. The number of carbonyl (C=O) groups is 1. The number of amides is 1. The Hall–Kier alpha value is -2.14. The number of aryl methyl sites for hydroxylation is 1. The summed E-state index contributed by atoms with van der Waals surface area (Å²) in [6.45, 7) is 3.36. The maximum absolute atomic E-state index is 12.5. The van der Waals surface area contributed by atoms with Crippen molar-refractivity contribution in [3.63, 3.8) is 0 Å². The molecule has 5 heteroatoms. The first-order valence-corrected chi connectivity index (χ1v) is 9.48. The zero-order valence-corrected chi connectivity index (χ0v) is 15.6. The lowest BCUT2D eigenvalue weighted by Gasteiger charge is -2.39. The van der Waals surface area contributed by atoms with E-state index in [1.54, 1.807) is 6.20 Å². The summed E-state index contributed by atoms with van der Waals surface area (Å²) >= 11 is 0. The van der Waals surface area contributed by atoms with Crippen LogP contribution in [0.1, 0.15) is 38.2 Å². The van der Waals surface area contributed by atoms with Crippen molar-refractivity contribution in [1.29, 1.82) is 0 Å². The third-order valence-electron chi connectivity index (χ3n) is 6.13. The summed E-state index contributed by atoms with van der Waals surface area (Å²) in [5.74, 6) is 0.273. The van der Waals surface area contributed by atoms with Gasteiger partial charge in [-0.05, 0) is 37.3 Å². The van der Waals surface area contributed by atoms with Gasteiger partial charge in [0.15, 0.2) is 0 Å². The second kappa shape index (κ2) is 6.23. The van der Waals surface area contributed by atoms with Gasteiger partial charge in [0.1, 0.15) is 0 Å². The van der Waals surface area contributed by atoms with Gasteiger partial charge in [-0.1, -0.05) is 31.2 Å². The average Bonchev–Trinajstić information content (AvgIpc) is 3.24. The van der Waals surface area contributed by atoms with E-state index in [0.717, 1.165) is 29.7 Å². The van der Waals surface area contributed by atoms with Gasteiger partial charge in [-0.15, -0.1) is 0 Å². The minimum Gasteiger partial charge on any atom is -0.389 e. The van der Waals surface area contributed by atoms with Crippen LogP contribution < -0.4 is 0 Å². The van der Waals surface area contributed by atoms with Crippen molar-refractivity contribution < 1.29 is 9.90 Å². The molecular weight excluding hydrogens is 326 g/mol. The maximum Gasteiger partial charge on any atom is 0.228 e. The molecule has 1 saturated heterocycles. The Morgan fingerprint density at radius 1 is 1.15 bits per heavy atom. The quantitative estimate of drug-likeness (QED) is 0.919. The number of benzene rings is 1. The fraction of sp³-hybridized carbons (Fsp3) is 0.524. The van der Waals surface area contributed by atoms with E-state index in [4.69, 9.17) is 0 Å². The standard InChI is InChI=1S/C21H27N3O2/c1-20(8-9-20)19(25)24-13-10-21(26,11-14-24)15-16-5-3-4-6-17(16)18-7-12-22-23(18)2/h3-7,12,26H,8-11,13-15H2,1-2H3. The molecule has 1 aromatic heterocycles. The number of hydrogen-bond acceptors (Lipinski definition) is 3. The van der Waals surface area contributed by atoms with Gasteiger partial charge in [-0.2, -0.15) is 5.10 Å². The van der Waals surface area contributed by atoms with Crippen LogP contribution in [-0.2, 0) is 18.3 Å². The van der Waals surface area contributed by atoms with Crippen LogP contribution in [0.15, 0.2) is 36.5 Å². The normalized spacial score (nSPS) is 20.8. The molecule has 0 radical (unpaired) electrons. The Morgan fingerprint density at radius 3 is 2.46 bits per heavy atom. The lowest BCUT2D eigenvalue weighted by molar-refractivity contribution is -0.140. The molecular formula is C21H27N3O2. The molecule has 1 aliphatic carbocycles. The molecule has 1 aromatic carbocycles. The number of carbonyl (C=O) groups excluding carboxylic acids is 1. The zero-order chi connectivity index (χ0) is 18.4. The smallest absolute Gasteiger partial charge is 0.228 e. The van der Waals surface area contributed by atoms with E-state index < -0.39 is 5.60 Å². The zero-order valence-electron chi connectivity index (χ0n) is 15.6. The largest absolute Gasteiger partial charge is 0.389 e. The van der Waals surface area contributed by atoms with E-state index in [1.165, 1.54) is 0 Å². The molecule has 1 aliphatic heterocycles. The van der Waals surface area contributed by atoms with Crippen LogP contribution in [0.2, 0.25) is 0 Å². The minimum atomic E-state index is -0.754. The second-order valence-electron chi connectivity index (χ2n) is 8.25. The van der Waals surface area contributed by atoms with E-state index >= 15 is 0 Å². The van der Waals surface area contributed by atoms with Gasteiger partial charge in [0.25, 0.3) is 0 Å². The number of aromatic nitrogens is 2.